The molecule has 0 spiro atoms. The number of carbonyl (C=O) groups is 3. The van der Waals surface area contributed by atoms with Crippen LogP contribution >= 0.6 is 0 Å². The van der Waals surface area contributed by atoms with Crippen molar-refractivity contribution in [2.75, 3.05) is 31.5 Å². The second-order valence-electron chi connectivity index (χ2n) is 9.36. The van der Waals surface area contributed by atoms with Crippen molar-refractivity contribution in [3.05, 3.63) is 78.1 Å². The number of ether oxygens (including phenoxy) is 3. The van der Waals surface area contributed by atoms with Gasteiger partial charge in [-0.05, 0) is 49.2 Å². The summed E-state index contributed by atoms with van der Waals surface area (Å²) in [4.78, 5) is 47.9. The van der Waals surface area contributed by atoms with Gasteiger partial charge >= 0.3 is 5.97 Å². The summed E-state index contributed by atoms with van der Waals surface area (Å²) in [6.45, 7) is 8.00. The van der Waals surface area contributed by atoms with Crippen LogP contribution in [0, 0.1) is 17.0 Å². The molecule has 1 fully saturated rings. The Balaban J connectivity index is 0.00000133. The van der Waals surface area contributed by atoms with E-state index in [0.29, 0.717) is 29.4 Å². The number of nitrogens with zero attached hydrogens (tertiary/aromatic N) is 3. The Kier molecular flexibility index (Phi) is 11.5. The monoisotopic (exact) mass is 622 g/mol. The molecule has 45 heavy (non-hydrogen) atoms. The molecule has 4 aromatic rings. The molecular weight excluding hydrogens is 586 g/mol. The molecule has 0 radical (unpaired) electrons. The number of rotatable bonds is 8. The van der Waals surface area contributed by atoms with Crippen LogP contribution in [-0.2, 0) is 14.3 Å². The summed E-state index contributed by atoms with van der Waals surface area (Å²) in [5.74, 6) is -3.00. The molecule has 12 heteroatoms. The summed E-state index contributed by atoms with van der Waals surface area (Å²) in [5.41, 5.74) is -0.309. The number of anilines is 2. The van der Waals surface area contributed by atoms with Crippen LogP contribution in [0.25, 0.3) is 10.9 Å². The number of halogens is 2. The molecule has 2 aromatic heterocycles. The van der Waals surface area contributed by atoms with Gasteiger partial charge in [0.1, 0.15) is 28.3 Å². The third kappa shape index (κ3) is 7.34. The number of hydrogen-bond donors (Lipinski definition) is 1. The zero-order valence-corrected chi connectivity index (χ0v) is 26.2. The summed E-state index contributed by atoms with van der Waals surface area (Å²) < 4.78 is 44.1. The van der Waals surface area contributed by atoms with Gasteiger partial charge in [0.05, 0.1) is 31.6 Å². The number of aromatic nitrogens is 2. The van der Waals surface area contributed by atoms with E-state index in [1.165, 1.54) is 81.0 Å². The summed E-state index contributed by atoms with van der Waals surface area (Å²) >= 11 is 0. The van der Waals surface area contributed by atoms with Crippen LogP contribution < -0.4 is 19.7 Å². The SMILES string of the molecule is CC.CC.COC(=O)c1cc2c(Oc3ncc(NC(=O)C4(C(=O)N(C)c5ccc(F)cc5)CC4)cc3F)ccnc2cc1OC. The van der Waals surface area contributed by atoms with Gasteiger partial charge in [-0.2, -0.15) is 0 Å². The molecule has 1 saturated carbocycles. The van der Waals surface area contributed by atoms with E-state index in [9.17, 15) is 18.8 Å². The highest BCUT2D eigenvalue weighted by atomic mass is 19.1. The Hall–Kier alpha value is -5.13. The Morgan fingerprint density at radius 2 is 1.58 bits per heavy atom. The van der Waals surface area contributed by atoms with Crippen LogP contribution in [0.15, 0.2) is 60.9 Å². The van der Waals surface area contributed by atoms with Crippen molar-refractivity contribution in [1.82, 2.24) is 9.97 Å². The minimum Gasteiger partial charge on any atom is -0.496 e. The molecule has 0 bridgehead atoms. The van der Waals surface area contributed by atoms with E-state index in [2.05, 4.69) is 15.3 Å². The maximum Gasteiger partial charge on any atom is 0.341 e. The van der Waals surface area contributed by atoms with Gasteiger partial charge in [-0.15, -0.1) is 0 Å². The van der Waals surface area contributed by atoms with Crippen LogP contribution in [0.4, 0.5) is 20.2 Å². The number of pyridine rings is 2. The third-order valence-electron chi connectivity index (χ3n) is 6.81. The fraction of sp³-hybridized carbons (Fsp3) is 0.303. The Bertz CT molecular complexity index is 1680. The molecule has 238 valence electrons. The van der Waals surface area contributed by atoms with Gasteiger partial charge in [0.25, 0.3) is 5.88 Å². The number of benzene rings is 2. The zero-order valence-electron chi connectivity index (χ0n) is 26.2. The molecule has 0 atom stereocenters. The molecule has 5 rings (SSSR count). The number of fused-ring (bicyclic) bond motifs is 1. The number of esters is 1. The van der Waals surface area contributed by atoms with Gasteiger partial charge < -0.3 is 24.4 Å². The smallest absolute Gasteiger partial charge is 0.341 e. The second-order valence-corrected chi connectivity index (χ2v) is 9.36. The van der Waals surface area contributed by atoms with Crippen molar-refractivity contribution in [2.24, 2.45) is 5.41 Å². The van der Waals surface area contributed by atoms with Crippen molar-refractivity contribution in [3.8, 4) is 17.4 Å². The zero-order chi connectivity index (χ0) is 33.3. The van der Waals surface area contributed by atoms with Crippen molar-refractivity contribution >= 4 is 40.1 Å². The minimum absolute atomic E-state index is 0.0284. The quantitative estimate of drug-likeness (QED) is 0.166. The summed E-state index contributed by atoms with van der Waals surface area (Å²) in [6, 6.07) is 10.8. The lowest BCUT2D eigenvalue weighted by Crippen LogP contribution is -2.41. The maximum absolute atomic E-state index is 15.1. The molecular formula is C33H36F2N4O6. The molecule has 1 N–H and O–H groups in total. The number of amides is 2. The van der Waals surface area contributed by atoms with E-state index in [0.717, 1.165) is 6.07 Å². The van der Waals surface area contributed by atoms with Gasteiger partial charge in [-0.3, -0.25) is 14.6 Å². The van der Waals surface area contributed by atoms with Crippen LogP contribution in [0.5, 0.6) is 17.4 Å². The van der Waals surface area contributed by atoms with E-state index in [1.54, 1.807) is 0 Å². The van der Waals surface area contributed by atoms with E-state index >= 15 is 4.39 Å². The first-order valence-corrected chi connectivity index (χ1v) is 14.4. The third-order valence-corrected chi connectivity index (χ3v) is 6.81. The van der Waals surface area contributed by atoms with E-state index in [1.807, 2.05) is 27.7 Å². The standard InChI is InChI=1S/C29H24F2N4O6.2C2H6/c1-35(18-6-4-16(30)5-7-18)28(38)29(9-10-29)27(37)34-17-12-21(31)25(33-15-17)41-23-8-11-32-22-14-24(39-2)20(13-19(22)23)26(36)40-3;2*1-2/h4-8,11-15H,9-10H2,1-3H3,(H,34,37);2*1-2H3. The Labute approximate surface area is 260 Å². The topological polar surface area (TPSA) is 120 Å². The fourth-order valence-electron chi connectivity index (χ4n) is 4.37. The maximum atomic E-state index is 15.1. The molecule has 1 aliphatic rings. The van der Waals surface area contributed by atoms with Crippen LogP contribution in [-0.4, -0.2) is 49.0 Å². The molecule has 2 amide bonds. The number of hydrogen-bond acceptors (Lipinski definition) is 8. The molecule has 0 saturated heterocycles. The van der Waals surface area contributed by atoms with Crippen LogP contribution in [0.3, 0.4) is 0 Å². The Morgan fingerprint density at radius 1 is 0.911 bits per heavy atom. The second kappa shape index (κ2) is 15.0. The average molecular weight is 623 g/mol. The van der Waals surface area contributed by atoms with Gasteiger partial charge in [-0.1, -0.05) is 27.7 Å². The van der Waals surface area contributed by atoms with Crippen molar-refractivity contribution in [3.63, 3.8) is 0 Å². The predicted octanol–water partition coefficient (Wildman–Crippen LogP) is 6.93. The van der Waals surface area contributed by atoms with Crippen LogP contribution in [0.2, 0.25) is 0 Å². The van der Waals surface area contributed by atoms with Crippen molar-refractivity contribution in [2.45, 2.75) is 40.5 Å². The molecule has 2 aromatic carbocycles. The fourth-order valence-corrected chi connectivity index (χ4v) is 4.37. The van der Waals surface area contributed by atoms with E-state index < -0.39 is 34.8 Å². The first-order chi connectivity index (χ1) is 21.7. The Morgan fingerprint density at radius 3 is 2.16 bits per heavy atom. The lowest BCUT2D eigenvalue weighted by molar-refractivity contribution is -0.132. The van der Waals surface area contributed by atoms with E-state index in [-0.39, 0.29) is 28.6 Å². The minimum atomic E-state index is -1.32. The number of methoxy groups -OCH3 is 2. The van der Waals surface area contributed by atoms with Gasteiger partial charge in [0, 0.05) is 36.5 Å². The number of carbonyl (C=O) groups excluding carboxylic acids is 3. The van der Waals surface area contributed by atoms with Crippen LogP contribution in [0.1, 0.15) is 50.9 Å². The van der Waals surface area contributed by atoms with Crippen molar-refractivity contribution < 1.29 is 37.4 Å². The van der Waals surface area contributed by atoms with Crippen molar-refractivity contribution in [1.29, 1.82) is 0 Å². The average Bonchev–Trinajstić information content (AvgIpc) is 3.89. The summed E-state index contributed by atoms with van der Waals surface area (Å²) in [5, 5.41) is 2.94. The largest absolute Gasteiger partial charge is 0.496 e. The normalized spacial score (nSPS) is 12.4. The van der Waals surface area contributed by atoms with Gasteiger partial charge in [-0.25, -0.2) is 18.6 Å². The molecule has 0 aliphatic heterocycles. The summed E-state index contributed by atoms with van der Waals surface area (Å²) in [6.07, 6.45) is 3.27. The molecule has 1 aliphatic carbocycles. The lowest BCUT2D eigenvalue weighted by atomic mass is 10.0. The van der Waals surface area contributed by atoms with Gasteiger partial charge in [0.2, 0.25) is 11.8 Å². The highest BCUT2D eigenvalue weighted by Gasteiger charge is 2.57. The summed E-state index contributed by atoms with van der Waals surface area (Å²) in [7, 11) is 4.14. The molecule has 2 heterocycles. The highest BCUT2D eigenvalue weighted by molar-refractivity contribution is 6.17. The highest BCUT2D eigenvalue weighted by Crippen LogP contribution is 2.48. The van der Waals surface area contributed by atoms with E-state index in [4.69, 9.17) is 14.2 Å². The first-order valence-electron chi connectivity index (χ1n) is 14.4. The predicted molar refractivity (Wildman–Crippen MR) is 167 cm³/mol. The molecule has 0 unspecified atom stereocenters. The van der Waals surface area contributed by atoms with Gasteiger partial charge in [0.15, 0.2) is 5.82 Å². The first kappa shape index (κ1) is 34.4. The molecule has 10 nitrogen and oxygen atoms in total. The number of nitrogens with one attached hydrogen (secondary N) is 1. The lowest BCUT2D eigenvalue weighted by Gasteiger charge is -2.23.